The Morgan fingerprint density at radius 1 is 1.04 bits per heavy atom. The minimum Gasteiger partial charge on any atom is -0.496 e. The van der Waals surface area contributed by atoms with Crippen molar-refractivity contribution in [2.45, 2.75) is 6.54 Å². The summed E-state index contributed by atoms with van der Waals surface area (Å²) in [6.07, 6.45) is 3.90. The van der Waals surface area contributed by atoms with Gasteiger partial charge in [-0.15, -0.1) is 0 Å². The van der Waals surface area contributed by atoms with Crippen molar-refractivity contribution in [1.82, 2.24) is 10.0 Å². The quantitative estimate of drug-likeness (QED) is 0.639. The number of rotatable bonds is 10. The molecule has 0 saturated carbocycles. The number of nitrogens with one attached hydrogen (secondary N) is 2. The van der Waals surface area contributed by atoms with Crippen LogP contribution in [-0.2, 0) is 16.6 Å². The molecule has 2 N–H and O–H groups in total. The molecule has 0 aliphatic carbocycles. The highest BCUT2D eigenvalue weighted by Crippen LogP contribution is 2.18. The molecule has 0 fully saturated rings. The van der Waals surface area contributed by atoms with E-state index in [1.807, 2.05) is 66.7 Å². The Morgan fingerprint density at radius 3 is 2.52 bits per heavy atom. The molecule has 0 aliphatic heterocycles. The monoisotopic (exact) mass is 360 g/mol. The maximum Gasteiger partial charge on any atom is 0.213 e. The van der Waals surface area contributed by atoms with E-state index >= 15 is 0 Å². The van der Waals surface area contributed by atoms with Gasteiger partial charge in [-0.05, 0) is 11.6 Å². The highest BCUT2D eigenvalue weighted by Gasteiger charge is 2.08. The van der Waals surface area contributed by atoms with E-state index < -0.39 is 10.0 Å². The van der Waals surface area contributed by atoms with Crippen LogP contribution in [0.4, 0.5) is 0 Å². The molecule has 5 nitrogen and oxygen atoms in total. The first-order valence-electron chi connectivity index (χ1n) is 8.12. The molecule has 2 aromatic carbocycles. The van der Waals surface area contributed by atoms with Gasteiger partial charge in [0.25, 0.3) is 0 Å². The molecule has 0 aliphatic rings. The minimum absolute atomic E-state index is 0.0440. The Morgan fingerprint density at radius 2 is 1.76 bits per heavy atom. The van der Waals surface area contributed by atoms with Crippen molar-refractivity contribution in [2.75, 3.05) is 26.0 Å². The third-order valence-electron chi connectivity index (χ3n) is 3.59. The number of hydrogen-bond donors (Lipinski definition) is 2. The molecule has 0 unspecified atom stereocenters. The van der Waals surface area contributed by atoms with Crippen LogP contribution in [0.15, 0.2) is 60.7 Å². The normalized spacial score (nSPS) is 11.7. The summed E-state index contributed by atoms with van der Waals surface area (Å²) in [5.41, 5.74) is 1.93. The van der Waals surface area contributed by atoms with Crippen LogP contribution in [0.3, 0.4) is 0 Å². The zero-order valence-corrected chi connectivity index (χ0v) is 15.1. The van der Waals surface area contributed by atoms with E-state index in [4.69, 9.17) is 4.74 Å². The van der Waals surface area contributed by atoms with Gasteiger partial charge < -0.3 is 10.1 Å². The van der Waals surface area contributed by atoms with Crippen LogP contribution >= 0.6 is 0 Å². The molecule has 0 bridgehead atoms. The first kappa shape index (κ1) is 19.2. The highest BCUT2D eigenvalue weighted by atomic mass is 32.2. The lowest BCUT2D eigenvalue weighted by atomic mass is 10.2. The topological polar surface area (TPSA) is 67.4 Å². The molecule has 0 radical (unpaired) electrons. The Balaban J connectivity index is 1.68. The third kappa shape index (κ3) is 7.09. The lowest BCUT2D eigenvalue weighted by Gasteiger charge is -2.07. The fraction of sp³-hybridized carbons (Fsp3) is 0.263. The van der Waals surface area contributed by atoms with Gasteiger partial charge in [-0.3, -0.25) is 0 Å². The standard InChI is InChI=1S/C19H24N2O3S/c1-24-19-12-6-5-10-18(19)11-7-13-20-14-15-25(22,23)21-16-17-8-3-2-4-9-17/h2-12,20-21H,13-16H2,1H3/b11-7+. The van der Waals surface area contributed by atoms with Crippen molar-refractivity contribution in [3.05, 3.63) is 71.8 Å². The number of benzene rings is 2. The molecule has 2 aromatic rings. The van der Waals surface area contributed by atoms with Gasteiger partial charge in [0.1, 0.15) is 5.75 Å². The lowest BCUT2D eigenvalue weighted by Crippen LogP contribution is -2.31. The highest BCUT2D eigenvalue weighted by molar-refractivity contribution is 7.89. The van der Waals surface area contributed by atoms with Crippen LogP contribution in [-0.4, -0.2) is 34.4 Å². The minimum atomic E-state index is -3.29. The summed E-state index contributed by atoms with van der Waals surface area (Å²) >= 11 is 0. The van der Waals surface area contributed by atoms with E-state index in [2.05, 4.69) is 10.0 Å². The maximum atomic E-state index is 12.0. The predicted molar refractivity (Wildman–Crippen MR) is 102 cm³/mol. The molecule has 2 rings (SSSR count). The Labute approximate surface area is 149 Å². The van der Waals surface area contributed by atoms with Gasteiger partial charge in [0, 0.05) is 25.2 Å². The summed E-state index contributed by atoms with van der Waals surface area (Å²) in [6.45, 7) is 1.30. The summed E-state index contributed by atoms with van der Waals surface area (Å²) in [5, 5.41) is 3.10. The van der Waals surface area contributed by atoms with Crippen LogP contribution in [0.1, 0.15) is 11.1 Å². The second-order valence-electron chi connectivity index (χ2n) is 5.47. The Kier molecular flexibility index (Phi) is 7.66. The molecule has 0 heterocycles. The van der Waals surface area contributed by atoms with Crippen molar-refractivity contribution in [3.8, 4) is 5.75 Å². The van der Waals surface area contributed by atoms with Crippen molar-refractivity contribution < 1.29 is 13.2 Å². The van der Waals surface area contributed by atoms with E-state index in [1.165, 1.54) is 0 Å². The van der Waals surface area contributed by atoms with Crippen molar-refractivity contribution >= 4 is 16.1 Å². The molecule has 0 amide bonds. The zero-order valence-electron chi connectivity index (χ0n) is 14.3. The molecular formula is C19H24N2O3S. The zero-order chi connectivity index (χ0) is 18.0. The van der Waals surface area contributed by atoms with E-state index in [0.29, 0.717) is 19.6 Å². The fourth-order valence-electron chi connectivity index (χ4n) is 2.24. The van der Waals surface area contributed by atoms with Crippen molar-refractivity contribution in [1.29, 1.82) is 0 Å². The summed E-state index contributed by atoms with van der Waals surface area (Å²) in [5.74, 6) is 0.855. The van der Waals surface area contributed by atoms with Gasteiger partial charge in [0.15, 0.2) is 0 Å². The first-order chi connectivity index (χ1) is 12.1. The Bertz CT molecular complexity index is 774. The van der Waals surface area contributed by atoms with E-state index in [0.717, 1.165) is 16.9 Å². The lowest BCUT2D eigenvalue weighted by molar-refractivity contribution is 0.414. The molecular weight excluding hydrogens is 336 g/mol. The largest absolute Gasteiger partial charge is 0.496 e. The number of sulfonamides is 1. The van der Waals surface area contributed by atoms with Crippen LogP contribution in [0.5, 0.6) is 5.75 Å². The van der Waals surface area contributed by atoms with Gasteiger partial charge in [0.2, 0.25) is 10.0 Å². The Hall–Kier alpha value is -2.15. The van der Waals surface area contributed by atoms with Crippen molar-refractivity contribution in [2.24, 2.45) is 0 Å². The number of methoxy groups -OCH3 is 1. The number of ether oxygens (including phenoxy) is 1. The van der Waals surface area contributed by atoms with Gasteiger partial charge in [-0.1, -0.05) is 60.7 Å². The summed E-state index contributed by atoms with van der Waals surface area (Å²) in [6, 6.07) is 17.2. The molecule has 0 atom stereocenters. The number of hydrogen-bond acceptors (Lipinski definition) is 4. The fourth-order valence-corrected chi connectivity index (χ4v) is 3.19. The molecule has 0 saturated heterocycles. The van der Waals surface area contributed by atoms with Gasteiger partial charge in [-0.25, -0.2) is 13.1 Å². The van der Waals surface area contributed by atoms with E-state index in [-0.39, 0.29) is 5.75 Å². The van der Waals surface area contributed by atoms with Gasteiger partial charge in [0.05, 0.1) is 12.9 Å². The van der Waals surface area contributed by atoms with Gasteiger partial charge in [-0.2, -0.15) is 0 Å². The van der Waals surface area contributed by atoms with E-state index in [1.54, 1.807) is 7.11 Å². The van der Waals surface area contributed by atoms with Gasteiger partial charge >= 0.3 is 0 Å². The average molecular weight is 360 g/mol. The second kappa shape index (κ2) is 9.98. The molecule has 134 valence electrons. The van der Waals surface area contributed by atoms with Crippen LogP contribution in [0.25, 0.3) is 6.08 Å². The summed E-state index contributed by atoms with van der Waals surface area (Å²) < 4.78 is 31.8. The first-order valence-corrected chi connectivity index (χ1v) is 9.77. The van der Waals surface area contributed by atoms with Crippen LogP contribution in [0, 0.1) is 0 Å². The van der Waals surface area contributed by atoms with E-state index in [9.17, 15) is 8.42 Å². The molecule has 0 aromatic heterocycles. The molecule has 6 heteroatoms. The predicted octanol–water partition coefficient (Wildman–Crippen LogP) is 2.42. The smallest absolute Gasteiger partial charge is 0.213 e. The van der Waals surface area contributed by atoms with Crippen LogP contribution in [0.2, 0.25) is 0 Å². The SMILES string of the molecule is COc1ccccc1/C=C/CNCCS(=O)(=O)NCc1ccccc1. The average Bonchev–Trinajstić information content (AvgIpc) is 2.64. The van der Waals surface area contributed by atoms with Crippen LogP contribution < -0.4 is 14.8 Å². The second-order valence-corrected chi connectivity index (χ2v) is 7.40. The van der Waals surface area contributed by atoms with Crippen molar-refractivity contribution in [3.63, 3.8) is 0 Å². The number of para-hydroxylation sites is 1. The molecule has 0 spiro atoms. The summed E-state index contributed by atoms with van der Waals surface area (Å²) in [4.78, 5) is 0. The maximum absolute atomic E-state index is 12.0. The third-order valence-corrected chi connectivity index (χ3v) is 4.91. The molecule has 25 heavy (non-hydrogen) atoms. The summed E-state index contributed by atoms with van der Waals surface area (Å²) in [7, 11) is -1.65.